The minimum atomic E-state index is -4.84. The number of nitriles is 1. The molecule has 0 aromatic carbocycles. The number of imidazole rings is 1. The number of rotatable bonds is 7. The van der Waals surface area contributed by atoms with E-state index in [0.717, 1.165) is 0 Å². The molecule has 192 valence electrons. The highest BCUT2D eigenvalue weighted by Crippen LogP contribution is 2.38. The molecule has 0 bridgehead atoms. The Balaban J connectivity index is 1.49. The summed E-state index contributed by atoms with van der Waals surface area (Å²) in [6.07, 6.45) is -4.62. The number of alkyl halides is 4. The Kier molecular flexibility index (Phi) is 6.97. The molecule has 0 saturated heterocycles. The maximum atomic E-state index is 15.0. The largest absolute Gasteiger partial charge is 0.522 e. The predicted molar refractivity (Wildman–Crippen MR) is 116 cm³/mol. The van der Waals surface area contributed by atoms with Gasteiger partial charge in [0.25, 0.3) is 0 Å². The van der Waals surface area contributed by atoms with Crippen LogP contribution < -0.4 is 10.6 Å². The fraction of sp³-hybridized carbons (Fsp3) is 0.476. The highest BCUT2D eigenvalue weighted by Gasteiger charge is 2.41. The van der Waals surface area contributed by atoms with Crippen LogP contribution in [0.15, 0.2) is 18.5 Å². The van der Waals surface area contributed by atoms with E-state index in [0.29, 0.717) is 18.5 Å². The lowest BCUT2D eigenvalue weighted by Crippen LogP contribution is -2.36. The van der Waals surface area contributed by atoms with Crippen molar-refractivity contribution in [3.05, 3.63) is 35.4 Å². The number of H-pyrrole nitrogens is 1. The minimum Gasteiger partial charge on any atom is -0.443 e. The first-order valence-electron chi connectivity index (χ1n) is 11.0. The van der Waals surface area contributed by atoms with Crippen LogP contribution in [0.25, 0.3) is 5.65 Å². The standard InChI is InChI=1S/C21H22F4N8O3/c1-10(2)28-20(34)36-15-4-3-13(17(15)22)14-5-16(32-31-14)30-19-27-7-11(6-26)18-29-12(8-33(18)19)9-35-21(23,24)25/h5,7-8,10,13,15,17H,3-4,9H2,1-2H3,(H,28,34)(H2,27,30,31,32)/t13-,15-,17-/m1/s1. The van der Waals surface area contributed by atoms with Crippen LogP contribution in [0.1, 0.15) is 49.6 Å². The van der Waals surface area contributed by atoms with E-state index in [-0.39, 0.29) is 34.7 Å². The molecular weight excluding hydrogens is 488 g/mol. The number of aromatic nitrogens is 5. The summed E-state index contributed by atoms with van der Waals surface area (Å²) in [5, 5.41) is 21.6. The average Bonchev–Trinajstić information content (AvgIpc) is 3.51. The summed E-state index contributed by atoms with van der Waals surface area (Å²) in [7, 11) is 0. The molecule has 1 fully saturated rings. The molecule has 1 saturated carbocycles. The van der Waals surface area contributed by atoms with Crippen molar-refractivity contribution in [3.8, 4) is 6.07 Å². The third kappa shape index (κ3) is 5.65. The van der Waals surface area contributed by atoms with Crippen molar-refractivity contribution in [3.63, 3.8) is 0 Å². The van der Waals surface area contributed by atoms with Crippen LogP contribution in [-0.2, 0) is 16.1 Å². The summed E-state index contributed by atoms with van der Waals surface area (Å²) in [4.78, 5) is 20.0. The molecule has 3 heterocycles. The van der Waals surface area contributed by atoms with E-state index in [1.165, 1.54) is 16.8 Å². The number of hydrogen-bond donors (Lipinski definition) is 3. The number of hydrogen-bond acceptors (Lipinski definition) is 8. The molecular formula is C21H22F4N8O3. The Hall–Kier alpha value is -3.93. The normalized spacial score (nSPS) is 20.0. The number of fused-ring (bicyclic) bond motifs is 1. The van der Waals surface area contributed by atoms with Crippen LogP contribution in [0.5, 0.6) is 0 Å². The number of halogens is 4. The van der Waals surface area contributed by atoms with Gasteiger partial charge in [-0.1, -0.05) is 0 Å². The molecule has 3 aromatic heterocycles. The first-order chi connectivity index (χ1) is 17.0. The topological polar surface area (TPSA) is 142 Å². The van der Waals surface area contributed by atoms with Gasteiger partial charge in [0.15, 0.2) is 11.5 Å². The Morgan fingerprint density at radius 3 is 2.86 bits per heavy atom. The SMILES string of the molecule is CC(C)NC(=O)O[C@@H]1CC[C@H](c2cc(Nc3ncc(C#N)c4nc(COC(F)(F)F)cn34)n[nH]2)[C@H]1F. The Labute approximate surface area is 201 Å². The number of anilines is 2. The van der Waals surface area contributed by atoms with Gasteiger partial charge in [-0.3, -0.25) is 14.2 Å². The number of nitrogens with one attached hydrogen (secondary N) is 3. The van der Waals surface area contributed by atoms with E-state index >= 15 is 4.39 Å². The number of alkyl carbamates (subject to hydrolysis) is 1. The highest BCUT2D eigenvalue weighted by atomic mass is 19.4. The van der Waals surface area contributed by atoms with Gasteiger partial charge in [0.05, 0.1) is 18.5 Å². The van der Waals surface area contributed by atoms with Crippen LogP contribution in [0.4, 0.5) is 34.1 Å². The van der Waals surface area contributed by atoms with Gasteiger partial charge in [-0.05, 0) is 26.7 Å². The minimum absolute atomic E-state index is 0.0419. The van der Waals surface area contributed by atoms with E-state index in [1.54, 1.807) is 19.9 Å². The van der Waals surface area contributed by atoms with E-state index in [1.807, 2.05) is 6.07 Å². The molecule has 11 nitrogen and oxygen atoms in total. The Morgan fingerprint density at radius 2 is 2.17 bits per heavy atom. The van der Waals surface area contributed by atoms with Gasteiger partial charge >= 0.3 is 12.5 Å². The molecule has 36 heavy (non-hydrogen) atoms. The summed E-state index contributed by atoms with van der Waals surface area (Å²) in [6.45, 7) is 2.68. The maximum Gasteiger partial charge on any atom is 0.522 e. The van der Waals surface area contributed by atoms with Crippen LogP contribution in [0.2, 0.25) is 0 Å². The molecule has 15 heteroatoms. The first kappa shape index (κ1) is 25.2. The van der Waals surface area contributed by atoms with Crippen molar-refractivity contribution >= 4 is 23.5 Å². The van der Waals surface area contributed by atoms with Crippen molar-refractivity contribution in [1.29, 1.82) is 5.26 Å². The molecule has 0 unspecified atom stereocenters. The molecule has 3 aromatic rings. The third-order valence-electron chi connectivity index (χ3n) is 5.45. The highest BCUT2D eigenvalue weighted by molar-refractivity contribution is 5.67. The van der Waals surface area contributed by atoms with Crippen molar-refractivity contribution in [2.75, 3.05) is 5.32 Å². The van der Waals surface area contributed by atoms with Gasteiger partial charge in [0, 0.05) is 29.9 Å². The monoisotopic (exact) mass is 510 g/mol. The van der Waals surface area contributed by atoms with Crippen LogP contribution in [0.3, 0.4) is 0 Å². The van der Waals surface area contributed by atoms with E-state index < -0.39 is 37.3 Å². The van der Waals surface area contributed by atoms with Gasteiger partial charge in [-0.25, -0.2) is 19.2 Å². The van der Waals surface area contributed by atoms with Gasteiger partial charge in [0.1, 0.15) is 23.9 Å². The van der Waals surface area contributed by atoms with E-state index in [9.17, 15) is 23.2 Å². The molecule has 4 rings (SSSR count). The lowest BCUT2D eigenvalue weighted by Gasteiger charge is -2.18. The van der Waals surface area contributed by atoms with Crippen molar-refractivity contribution in [2.24, 2.45) is 0 Å². The summed E-state index contributed by atoms with van der Waals surface area (Å²) in [5.41, 5.74) is 0.516. The molecule has 0 spiro atoms. The van der Waals surface area contributed by atoms with E-state index in [4.69, 9.17) is 4.74 Å². The van der Waals surface area contributed by atoms with Gasteiger partial charge in [-0.15, -0.1) is 13.2 Å². The molecule has 3 N–H and O–H groups in total. The van der Waals surface area contributed by atoms with Crippen molar-refractivity contribution in [1.82, 2.24) is 29.9 Å². The lowest BCUT2D eigenvalue weighted by molar-refractivity contribution is -0.330. The smallest absolute Gasteiger partial charge is 0.443 e. The van der Waals surface area contributed by atoms with Gasteiger partial charge < -0.3 is 15.4 Å². The number of aromatic amines is 1. The quantitative estimate of drug-likeness (QED) is 0.407. The van der Waals surface area contributed by atoms with Gasteiger partial charge in [-0.2, -0.15) is 10.4 Å². The lowest BCUT2D eigenvalue weighted by atomic mass is 10.0. The van der Waals surface area contributed by atoms with Crippen LogP contribution in [-0.4, -0.2) is 55.3 Å². The van der Waals surface area contributed by atoms with Crippen LogP contribution >= 0.6 is 0 Å². The zero-order valence-electron chi connectivity index (χ0n) is 19.1. The van der Waals surface area contributed by atoms with Crippen molar-refractivity contribution < 1.29 is 31.8 Å². The van der Waals surface area contributed by atoms with E-state index in [2.05, 4.69) is 35.5 Å². The molecule has 0 radical (unpaired) electrons. The number of amides is 1. The predicted octanol–water partition coefficient (Wildman–Crippen LogP) is 3.82. The molecule has 0 aliphatic heterocycles. The van der Waals surface area contributed by atoms with Crippen LogP contribution in [0, 0.1) is 11.3 Å². The summed E-state index contributed by atoms with van der Waals surface area (Å²) < 4.78 is 62.5. The molecule has 3 atom stereocenters. The number of nitrogens with zero attached hydrogens (tertiary/aromatic N) is 5. The number of carbonyl (C=O) groups excluding carboxylic acids is 1. The molecule has 1 amide bonds. The third-order valence-corrected chi connectivity index (χ3v) is 5.45. The second-order valence-electron chi connectivity index (χ2n) is 8.47. The Bertz CT molecular complexity index is 1280. The number of carbonyl (C=O) groups is 1. The first-order valence-corrected chi connectivity index (χ1v) is 11.0. The summed E-state index contributed by atoms with van der Waals surface area (Å²) in [6, 6.07) is 3.30. The summed E-state index contributed by atoms with van der Waals surface area (Å²) >= 11 is 0. The zero-order valence-corrected chi connectivity index (χ0v) is 19.1. The fourth-order valence-electron chi connectivity index (χ4n) is 3.91. The average molecular weight is 510 g/mol. The molecule has 1 aliphatic rings. The summed E-state index contributed by atoms with van der Waals surface area (Å²) in [5.74, 6) is -0.222. The second kappa shape index (κ2) is 9.97. The second-order valence-corrected chi connectivity index (χ2v) is 8.47. The Morgan fingerprint density at radius 1 is 1.39 bits per heavy atom. The molecule has 1 aliphatic carbocycles. The maximum absolute atomic E-state index is 15.0. The van der Waals surface area contributed by atoms with Gasteiger partial charge in [0.2, 0.25) is 5.95 Å². The van der Waals surface area contributed by atoms with Crippen molar-refractivity contribution in [2.45, 2.75) is 63.9 Å². The fourth-order valence-corrected chi connectivity index (χ4v) is 3.91. The zero-order chi connectivity index (χ0) is 26.0. The number of ether oxygens (including phenoxy) is 2.